The van der Waals surface area contributed by atoms with Crippen molar-refractivity contribution in [1.82, 2.24) is 4.90 Å². The Morgan fingerprint density at radius 3 is 2.85 bits per heavy atom. The quantitative estimate of drug-likeness (QED) is 0.912. The predicted octanol–water partition coefficient (Wildman–Crippen LogP) is 1.92. The summed E-state index contributed by atoms with van der Waals surface area (Å²) in [7, 11) is 0. The van der Waals surface area contributed by atoms with Gasteiger partial charge in [-0.1, -0.05) is 15.9 Å². The molecule has 1 aromatic rings. The van der Waals surface area contributed by atoms with Crippen LogP contribution in [0.1, 0.15) is 12.0 Å². The molecule has 2 rings (SSSR count). The maximum absolute atomic E-state index is 10.8. The molecule has 1 heterocycles. The van der Waals surface area contributed by atoms with Gasteiger partial charge in [0.15, 0.2) is 0 Å². The van der Waals surface area contributed by atoms with Gasteiger partial charge >= 0.3 is 5.97 Å². The second-order valence-corrected chi connectivity index (χ2v) is 5.70. The molecule has 1 aromatic carbocycles. The molecule has 0 atom stereocenters. The van der Waals surface area contributed by atoms with Crippen molar-refractivity contribution in [3.05, 3.63) is 28.2 Å². The van der Waals surface area contributed by atoms with Crippen LogP contribution >= 0.6 is 15.9 Å². The van der Waals surface area contributed by atoms with Gasteiger partial charge in [-0.3, -0.25) is 9.69 Å². The Labute approximate surface area is 126 Å². The minimum absolute atomic E-state index is 0.0808. The highest BCUT2D eigenvalue weighted by Gasteiger charge is 2.18. The van der Waals surface area contributed by atoms with Crippen LogP contribution in [0, 0.1) is 11.3 Å². The van der Waals surface area contributed by atoms with Crippen molar-refractivity contribution in [2.45, 2.75) is 6.42 Å². The third kappa shape index (κ3) is 3.71. The summed E-state index contributed by atoms with van der Waals surface area (Å²) in [6, 6.07) is 7.83. The van der Waals surface area contributed by atoms with Gasteiger partial charge in [0, 0.05) is 30.7 Å². The number of hydrogen-bond donors (Lipinski definition) is 1. The largest absolute Gasteiger partial charge is 0.480 e. The Morgan fingerprint density at radius 2 is 2.15 bits per heavy atom. The normalized spacial score (nSPS) is 16.5. The summed E-state index contributed by atoms with van der Waals surface area (Å²) in [4.78, 5) is 14.9. The number of carboxylic acid groups (broad SMARTS) is 1. The zero-order valence-electron chi connectivity index (χ0n) is 11.0. The zero-order valence-corrected chi connectivity index (χ0v) is 12.6. The molecule has 0 radical (unpaired) electrons. The van der Waals surface area contributed by atoms with E-state index < -0.39 is 5.97 Å². The molecular weight excluding hydrogens is 322 g/mol. The van der Waals surface area contributed by atoms with Gasteiger partial charge in [-0.05, 0) is 24.6 Å². The predicted molar refractivity (Wildman–Crippen MR) is 79.8 cm³/mol. The molecule has 0 aliphatic carbocycles. The van der Waals surface area contributed by atoms with Crippen molar-refractivity contribution in [3.63, 3.8) is 0 Å². The number of benzene rings is 1. The fourth-order valence-electron chi connectivity index (χ4n) is 2.42. The molecule has 5 nitrogen and oxygen atoms in total. The van der Waals surface area contributed by atoms with E-state index >= 15 is 0 Å². The van der Waals surface area contributed by atoms with E-state index in [0.717, 1.165) is 36.2 Å². The molecule has 1 saturated heterocycles. The van der Waals surface area contributed by atoms with Crippen LogP contribution in [0.15, 0.2) is 22.7 Å². The Bertz CT molecular complexity index is 542. The molecule has 1 fully saturated rings. The van der Waals surface area contributed by atoms with E-state index in [1.807, 2.05) is 17.0 Å². The lowest BCUT2D eigenvalue weighted by molar-refractivity contribution is -0.138. The Kier molecular flexibility index (Phi) is 4.99. The number of carboxylic acids is 1. The molecule has 6 heteroatoms. The number of hydrogen-bond acceptors (Lipinski definition) is 4. The zero-order chi connectivity index (χ0) is 14.5. The summed E-state index contributed by atoms with van der Waals surface area (Å²) < 4.78 is 0.943. The van der Waals surface area contributed by atoms with Crippen molar-refractivity contribution in [1.29, 1.82) is 5.26 Å². The van der Waals surface area contributed by atoms with Crippen molar-refractivity contribution < 1.29 is 9.90 Å². The monoisotopic (exact) mass is 337 g/mol. The first kappa shape index (κ1) is 14.8. The first-order chi connectivity index (χ1) is 9.60. The van der Waals surface area contributed by atoms with E-state index in [2.05, 4.69) is 26.9 Å². The van der Waals surface area contributed by atoms with E-state index in [1.165, 1.54) is 0 Å². The average Bonchev–Trinajstić information content (AvgIpc) is 2.63. The molecule has 0 saturated carbocycles. The summed E-state index contributed by atoms with van der Waals surface area (Å²) in [5, 5.41) is 18.1. The molecule has 1 N–H and O–H groups in total. The van der Waals surface area contributed by atoms with Crippen LogP contribution in [0.2, 0.25) is 0 Å². The number of nitrogens with zero attached hydrogens (tertiary/aromatic N) is 3. The molecule has 0 bridgehead atoms. The lowest BCUT2D eigenvalue weighted by Gasteiger charge is -2.24. The molecule has 0 aromatic heterocycles. The second kappa shape index (κ2) is 6.73. The van der Waals surface area contributed by atoms with Gasteiger partial charge in [-0.2, -0.15) is 5.26 Å². The van der Waals surface area contributed by atoms with Crippen LogP contribution in [-0.4, -0.2) is 48.7 Å². The van der Waals surface area contributed by atoms with E-state index in [-0.39, 0.29) is 6.54 Å². The highest BCUT2D eigenvalue weighted by Crippen LogP contribution is 2.25. The first-order valence-electron chi connectivity index (χ1n) is 6.49. The fraction of sp³-hybridized carbons (Fsp3) is 0.429. The highest BCUT2D eigenvalue weighted by molar-refractivity contribution is 9.10. The summed E-state index contributed by atoms with van der Waals surface area (Å²) in [5.74, 6) is -0.793. The maximum atomic E-state index is 10.8. The lowest BCUT2D eigenvalue weighted by atomic mass is 10.1. The molecule has 0 spiro atoms. The number of nitriles is 1. The number of anilines is 1. The Balaban J connectivity index is 2.13. The number of rotatable bonds is 3. The lowest BCUT2D eigenvalue weighted by Crippen LogP contribution is -2.34. The molecule has 1 aliphatic heterocycles. The minimum Gasteiger partial charge on any atom is -0.480 e. The van der Waals surface area contributed by atoms with Crippen LogP contribution in [0.4, 0.5) is 5.69 Å². The van der Waals surface area contributed by atoms with Crippen molar-refractivity contribution in [2.24, 2.45) is 0 Å². The summed E-state index contributed by atoms with van der Waals surface area (Å²) in [6.07, 6.45) is 0.894. The molecule has 0 unspecified atom stereocenters. The third-order valence-corrected chi connectivity index (χ3v) is 3.86. The van der Waals surface area contributed by atoms with Gasteiger partial charge < -0.3 is 10.0 Å². The topological polar surface area (TPSA) is 67.6 Å². The standard InChI is InChI=1S/C14H16BrN3O2/c15-12-3-2-11(9-16)13(8-12)18-5-1-4-17(6-7-18)10-14(19)20/h2-3,8H,1,4-7,10H2,(H,19,20). The second-order valence-electron chi connectivity index (χ2n) is 4.78. The van der Waals surface area contributed by atoms with Gasteiger partial charge in [-0.25, -0.2) is 0 Å². The van der Waals surface area contributed by atoms with Crippen LogP contribution in [0.5, 0.6) is 0 Å². The molecular formula is C14H16BrN3O2. The number of aliphatic carboxylic acids is 1. The number of carbonyl (C=O) groups is 1. The van der Waals surface area contributed by atoms with Gasteiger partial charge in [0.05, 0.1) is 17.8 Å². The SMILES string of the molecule is N#Cc1ccc(Br)cc1N1CCCN(CC(=O)O)CC1. The summed E-state index contributed by atoms with van der Waals surface area (Å²) in [5.41, 5.74) is 1.57. The molecule has 20 heavy (non-hydrogen) atoms. The smallest absolute Gasteiger partial charge is 0.317 e. The summed E-state index contributed by atoms with van der Waals surface area (Å²) >= 11 is 3.43. The molecule has 106 valence electrons. The third-order valence-electron chi connectivity index (χ3n) is 3.37. The van der Waals surface area contributed by atoms with Gasteiger partial charge in [0.1, 0.15) is 6.07 Å². The average molecular weight is 338 g/mol. The van der Waals surface area contributed by atoms with Crippen LogP contribution < -0.4 is 4.90 Å². The van der Waals surface area contributed by atoms with Crippen LogP contribution in [-0.2, 0) is 4.79 Å². The van der Waals surface area contributed by atoms with E-state index in [4.69, 9.17) is 5.11 Å². The summed E-state index contributed by atoms with van der Waals surface area (Å²) in [6.45, 7) is 3.12. The van der Waals surface area contributed by atoms with Crippen LogP contribution in [0.25, 0.3) is 0 Å². The Morgan fingerprint density at radius 1 is 1.35 bits per heavy atom. The molecule has 0 amide bonds. The van der Waals surface area contributed by atoms with Gasteiger partial charge in [-0.15, -0.1) is 0 Å². The van der Waals surface area contributed by atoms with Crippen molar-refractivity contribution >= 4 is 27.6 Å². The van der Waals surface area contributed by atoms with Crippen molar-refractivity contribution in [2.75, 3.05) is 37.6 Å². The Hall–Kier alpha value is -1.58. The fourth-order valence-corrected chi connectivity index (χ4v) is 2.77. The van der Waals surface area contributed by atoms with E-state index in [1.54, 1.807) is 6.07 Å². The molecule has 1 aliphatic rings. The maximum Gasteiger partial charge on any atom is 0.317 e. The minimum atomic E-state index is -0.793. The first-order valence-corrected chi connectivity index (χ1v) is 7.28. The van der Waals surface area contributed by atoms with E-state index in [0.29, 0.717) is 12.1 Å². The van der Waals surface area contributed by atoms with Gasteiger partial charge in [0.2, 0.25) is 0 Å². The van der Waals surface area contributed by atoms with Crippen molar-refractivity contribution in [3.8, 4) is 6.07 Å². The van der Waals surface area contributed by atoms with Gasteiger partial charge in [0.25, 0.3) is 0 Å². The van der Waals surface area contributed by atoms with Crippen LogP contribution in [0.3, 0.4) is 0 Å². The van der Waals surface area contributed by atoms with E-state index in [9.17, 15) is 10.1 Å². The number of halogens is 1. The highest BCUT2D eigenvalue weighted by atomic mass is 79.9.